The van der Waals surface area contributed by atoms with Crippen molar-refractivity contribution >= 4 is 0 Å². The quantitative estimate of drug-likeness (QED) is 0.793. The first kappa shape index (κ1) is 10.6. The smallest absolute Gasteiger partial charge is 0.181 e. The van der Waals surface area contributed by atoms with Gasteiger partial charge in [0.1, 0.15) is 11.8 Å². The maximum Gasteiger partial charge on any atom is 0.181 e. The molecule has 14 heavy (non-hydrogen) atoms. The second-order valence-corrected chi connectivity index (χ2v) is 3.25. The van der Waals surface area contributed by atoms with Gasteiger partial charge in [-0.1, -0.05) is 12.1 Å². The molecule has 1 aromatic carbocycles. The van der Waals surface area contributed by atoms with Gasteiger partial charge in [0.05, 0.1) is 0 Å². The molecule has 0 aliphatic carbocycles. The summed E-state index contributed by atoms with van der Waals surface area (Å²) >= 11 is 0. The van der Waals surface area contributed by atoms with E-state index in [0.717, 1.165) is 5.56 Å². The Bertz CT molecular complexity index is 324. The van der Waals surface area contributed by atoms with Gasteiger partial charge in [-0.3, -0.25) is 0 Å². The zero-order valence-electron chi connectivity index (χ0n) is 8.40. The highest BCUT2D eigenvalue weighted by Crippen LogP contribution is 2.16. The van der Waals surface area contributed by atoms with E-state index in [2.05, 4.69) is 0 Å². The Hall–Kier alpha value is -1.53. The minimum Gasteiger partial charge on any atom is -0.476 e. The van der Waals surface area contributed by atoms with Gasteiger partial charge in [0.2, 0.25) is 0 Å². The molecule has 3 heteroatoms. The average molecular weight is 190 g/mol. The second kappa shape index (κ2) is 4.64. The van der Waals surface area contributed by atoms with Crippen LogP contribution in [0.2, 0.25) is 0 Å². The number of ether oxygens (including phenoxy) is 1. The molecular formula is C11H14N2O. The number of hydrogen-bond acceptors (Lipinski definition) is 3. The van der Waals surface area contributed by atoms with Crippen molar-refractivity contribution in [2.45, 2.75) is 26.0 Å². The largest absolute Gasteiger partial charge is 0.476 e. The molecule has 74 valence electrons. The van der Waals surface area contributed by atoms with Crippen molar-refractivity contribution in [1.29, 1.82) is 5.26 Å². The molecule has 0 spiro atoms. The van der Waals surface area contributed by atoms with Gasteiger partial charge in [0.25, 0.3) is 0 Å². The van der Waals surface area contributed by atoms with Crippen molar-refractivity contribution in [2.24, 2.45) is 5.73 Å². The Labute approximate surface area is 84.1 Å². The summed E-state index contributed by atoms with van der Waals surface area (Å²) < 4.78 is 5.30. The van der Waals surface area contributed by atoms with Crippen LogP contribution in [0.1, 0.15) is 25.5 Å². The van der Waals surface area contributed by atoms with Crippen LogP contribution in [-0.4, -0.2) is 6.10 Å². The number of nitrogens with zero attached hydrogens (tertiary/aromatic N) is 1. The van der Waals surface area contributed by atoms with Crippen LogP contribution in [0, 0.1) is 11.3 Å². The monoisotopic (exact) mass is 190 g/mol. The van der Waals surface area contributed by atoms with E-state index in [1.165, 1.54) is 0 Å². The molecule has 0 amide bonds. The van der Waals surface area contributed by atoms with Gasteiger partial charge < -0.3 is 10.5 Å². The Morgan fingerprint density at radius 2 is 1.86 bits per heavy atom. The molecule has 1 aromatic rings. The van der Waals surface area contributed by atoms with Crippen LogP contribution >= 0.6 is 0 Å². The molecule has 0 heterocycles. The lowest BCUT2D eigenvalue weighted by Gasteiger charge is -2.09. The summed E-state index contributed by atoms with van der Waals surface area (Å²) in [7, 11) is 0. The molecule has 0 aliphatic heterocycles. The third-order valence-corrected chi connectivity index (χ3v) is 1.90. The van der Waals surface area contributed by atoms with E-state index < -0.39 is 6.10 Å². The van der Waals surface area contributed by atoms with E-state index in [1.54, 1.807) is 6.92 Å². The number of nitrogens with two attached hydrogens (primary N) is 1. The van der Waals surface area contributed by atoms with Gasteiger partial charge in [-0.25, -0.2) is 0 Å². The molecule has 0 aromatic heterocycles. The van der Waals surface area contributed by atoms with E-state index in [1.807, 2.05) is 37.3 Å². The first-order chi connectivity index (χ1) is 6.63. The molecule has 1 rings (SSSR count). The molecule has 0 bridgehead atoms. The third-order valence-electron chi connectivity index (χ3n) is 1.90. The van der Waals surface area contributed by atoms with E-state index >= 15 is 0 Å². The summed E-state index contributed by atoms with van der Waals surface area (Å²) in [4.78, 5) is 0. The van der Waals surface area contributed by atoms with Crippen LogP contribution in [0.4, 0.5) is 0 Å². The molecule has 1 unspecified atom stereocenters. The van der Waals surface area contributed by atoms with Crippen LogP contribution < -0.4 is 10.5 Å². The van der Waals surface area contributed by atoms with Crippen LogP contribution in [0.5, 0.6) is 5.75 Å². The standard InChI is InChI=1S/C11H14N2O/c1-8(7-12)14-11-5-3-10(4-6-11)9(2)13/h3-6,8-9H,13H2,1-2H3/t8?,9-/m0/s1. The van der Waals surface area contributed by atoms with Crippen molar-refractivity contribution in [3.05, 3.63) is 29.8 Å². The summed E-state index contributed by atoms with van der Waals surface area (Å²) in [6.07, 6.45) is -0.420. The Kier molecular flexibility index (Phi) is 3.49. The normalized spacial score (nSPS) is 14.1. The van der Waals surface area contributed by atoms with Gasteiger partial charge in [0, 0.05) is 6.04 Å². The number of rotatable bonds is 3. The van der Waals surface area contributed by atoms with Crippen LogP contribution in [0.25, 0.3) is 0 Å². The van der Waals surface area contributed by atoms with E-state index in [9.17, 15) is 0 Å². The van der Waals surface area contributed by atoms with E-state index in [4.69, 9.17) is 15.7 Å². The van der Waals surface area contributed by atoms with Gasteiger partial charge in [-0.15, -0.1) is 0 Å². The zero-order chi connectivity index (χ0) is 10.6. The summed E-state index contributed by atoms with van der Waals surface area (Å²) in [6.45, 7) is 3.63. The minimum atomic E-state index is -0.420. The molecule has 3 nitrogen and oxygen atoms in total. The summed E-state index contributed by atoms with van der Waals surface area (Å²) in [5.74, 6) is 0.698. The van der Waals surface area contributed by atoms with Crippen molar-refractivity contribution in [3.8, 4) is 11.8 Å². The number of nitriles is 1. The van der Waals surface area contributed by atoms with Crippen LogP contribution in [0.3, 0.4) is 0 Å². The highest BCUT2D eigenvalue weighted by Gasteiger charge is 2.02. The maximum absolute atomic E-state index is 8.54. The predicted molar refractivity (Wildman–Crippen MR) is 54.7 cm³/mol. The SMILES string of the molecule is CC(C#N)Oc1ccc([C@H](C)N)cc1. The summed E-state index contributed by atoms with van der Waals surface area (Å²) in [6, 6.07) is 9.49. The summed E-state index contributed by atoms with van der Waals surface area (Å²) in [5, 5.41) is 8.54. The fourth-order valence-corrected chi connectivity index (χ4v) is 1.08. The minimum absolute atomic E-state index is 0.0254. The van der Waals surface area contributed by atoms with Crippen LogP contribution in [-0.2, 0) is 0 Å². The molecule has 2 atom stereocenters. The number of benzene rings is 1. The Balaban J connectivity index is 2.70. The molecule has 0 saturated heterocycles. The van der Waals surface area contributed by atoms with Crippen molar-refractivity contribution in [2.75, 3.05) is 0 Å². The lowest BCUT2D eigenvalue weighted by atomic mass is 10.1. The van der Waals surface area contributed by atoms with Gasteiger partial charge in [-0.2, -0.15) is 5.26 Å². The molecule has 2 N–H and O–H groups in total. The fraction of sp³-hybridized carbons (Fsp3) is 0.364. The fourth-order valence-electron chi connectivity index (χ4n) is 1.08. The van der Waals surface area contributed by atoms with Crippen LogP contribution in [0.15, 0.2) is 24.3 Å². The lowest BCUT2D eigenvalue weighted by molar-refractivity contribution is 0.276. The highest BCUT2D eigenvalue weighted by atomic mass is 16.5. The molecule has 0 fully saturated rings. The highest BCUT2D eigenvalue weighted by molar-refractivity contribution is 5.29. The topological polar surface area (TPSA) is 59.0 Å². The second-order valence-electron chi connectivity index (χ2n) is 3.25. The zero-order valence-corrected chi connectivity index (χ0v) is 8.40. The maximum atomic E-state index is 8.54. The first-order valence-corrected chi connectivity index (χ1v) is 4.55. The van der Waals surface area contributed by atoms with Crippen molar-refractivity contribution in [3.63, 3.8) is 0 Å². The lowest BCUT2D eigenvalue weighted by Crippen LogP contribution is -2.08. The first-order valence-electron chi connectivity index (χ1n) is 4.55. The van der Waals surface area contributed by atoms with E-state index in [0.29, 0.717) is 5.75 Å². The molecular weight excluding hydrogens is 176 g/mol. The molecule has 0 aliphatic rings. The van der Waals surface area contributed by atoms with Crippen molar-refractivity contribution in [1.82, 2.24) is 0 Å². The molecule has 0 radical (unpaired) electrons. The number of hydrogen-bond donors (Lipinski definition) is 1. The van der Waals surface area contributed by atoms with E-state index in [-0.39, 0.29) is 6.04 Å². The van der Waals surface area contributed by atoms with Gasteiger partial charge >= 0.3 is 0 Å². The van der Waals surface area contributed by atoms with Gasteiger partial charge in [0.15, 0.2) is 6.10 Å². The Morgan fingerprint density at radius 3 is 2.29 bits per heavy atom. The Morgan fingerprint density at radius 1 is 1.29 bits per heavy atom. The average Bonchev–Trinajstić information content (AvgIpc) is 2.18. The van der Waals surface area contributed by atoms with Crippen molar-refractivity contribution < 1.29 is 4.74 Å². The van der Waals surface area contributed by atoms with Gasteiger partial charge in [-0.05, 0) is 31.5 Å². The third kappa shape index (κ3) is 2.75. The molecule has 0 saturated carbocycles. The summed E-state index contributed by atoms with van der Waals surface area (Å²) in [5.41, 5.74) is 6.76. The predicted octanol–water partition coefficient (Wildman–Crippen LogP) is 2.00.